The van der Waals surface area contributed by atoms with Crippen molar-refractivity contribution in [2.45, 2.75) is 12.8 Å². The van der Waals surface area contributed by atoms with Gasteiger partial charge in [-0.15, -0.1) is 0 Å². The number of hydrogen-bond donors (Lipinski definition) is 2. The van der Waals surface area contributed by atoms with Gasteiger partial charge in [0, 0.05) is 10.9 Å². The maximum absolute atomic E-state index is 13.7. The Morgan fingerprint density at radius 2 is 2.00 bits per heavy atom. The van der Waals surface area contributed by atoms with Crippen molar-refractivity contribution >= 4 is 29.1 Å². The summed E-state index contributed by atoms with van der Waals surface area (Å²) in [6.07, 6.45) is 2.03. The molecule has 1 aliphatic heterocycles. The Morgan fingerprint density at radius 3 is 2.61 bits per heavy atom. The molecule has 2 aliphatic rings. The lowest BCUT2D eigenvalue weighted by molar-refractivity contribution is -0.895. The monoisotopic (exact) mass is 340 g/mol. The summed E-state index contributed by atoms with van der Waals surface area (Å²) in [7, 11) is 0. The Kier molecular flexibility index (Phi) is 4.82. The molecular formula is C16H20ClFN3O2+. The summed E-state index contributed by atoms with van der Waals surface area (Å²) >= 11 is 5.69. The summed E-state index contributed by atoms with van der Waals surface area (Å²) in [4.78, 5) is 27.0. The van der Waals surface area contributed by atoms with Gasteiger partial charge in [-0.3, -0.25) is 9.59 Å². The van der Waals surface area contributed by atoms with Gasteiger partial charge >= 0.3 is 0 Å². The molecule has 0 radical (unpaired) electrons. The van der Waals surface area contributed by atoms with E-state index in [0.717, 1.165) is 30.8 Å². The second kappa shape index (κ2) is 6.84. The molecule has 0 atom stereocenters. The van der Waals surface area contributed by atoms with Crippen LogP contribution >= 0.6 is 11.6 Å². The van der Waals surface area contributed by atoms with Crippen LogP contribution in [0.25, 0.3) is 0 Å². The topological polar surface area (TPSA) is 53.9 Å². The van der Waals surface area contributed by atoms with Gasteiger partial charge in [-0.2, -0.15) is 0 Å². The van der Waals surface area contributed by atoms with Crippen molar-refractivity contribution < 1.29 is 18.9 Å². The Labute approximate surface area is 139 Å². The number of halogens is 2. The van der Waals surface area contributed by atoms with Gasteiger partial charge in [0.25, 0.3) is 5.91 Å². The molecule has 0 bridgehead atoms. The van der Waals surface area contributed by atoms with Crippen LogP contribution < -0.4 is 10.2 Å². The molecule has 1 saturated heterocycles. The molecule has 23 heavy (non-hydrogen) atoms. The minimum absolute atomic E-state index is 0.140. The molecule has 1 heterocycles. The first-order valence-corrected chi connectivity index (χ1v) is 8.28. The molecular weight excluding hydrogens is 321 g/mol. The molecule has 0 unspecified atom stereocenters. The number of nitrogens with zero attached hydrogens (tertiary/aromatic N) is 1. The van der Waals surface area contributed by atoms with Crippen LogP contribution in [0.2, 0.25) is 5.02 Å². The van der Waals surface area contributed by atoms with Gasteiger partial charge in [0.05, 0.1) is 31.9 Å². The Morgan fingerprint density at radius 1 is 1.30 bits per heavy atom. The molecule has 1 aromatic rings. The van der Waals surface area contributed by atoms with E-state index in [1.165, 1.54) is 18.2 Å². The second-order valence-electron chi connectivity index (χ2n) is 6.20. The van der Waals surface area contributed by atoms with Gasteiger partial charge in [-0.05, 0) is 31.0 Å². The van der Waals surface area contributed by atoms with Crippen molar-refractivity contribution in [3.63, 3.8) is 0 Å². The maximum Gasteiger partial charge on any atom is 0.279 e. The van der Waals surface area contributed by atoms with E-state index in [0.29, 0.717) is 18.1 Å². The first-order valence-electron chi connectivity index (χ1n) is 7.90. The fraction of sp³-hybridized carbons (Fsp3) is 0.500. The average molecular weight is 341 g/mol. The van der Waals surface area contributed by atoms with E-state index in [-0.39, 0.29) is 30.0 Å². The van der Waals surface area contributed by atoms with Crippen molar-refractivity contribution in [3.05, 3.63) is 29.0 Å². The molecule has 1 aromatic carbocycles. The number of carbonyl (C=O) groups excluding carboxylic acids is 2. The van der Waals surface area contributed by atoms with Crippen LogP contribution in [0, 0.1) is 11.7 Å². The van der Waals surface area contributed by atoms with Crippen LogP contribution in [-0.4, -0.2) is 49.4 Å². The van der Waals surface area contributed by atoms with Gasteiger partial charge < -0.3 is 15.1 Å². The smallest absolute Gasteiger partial charge is 0.279 e. The first kappa shape index (κ1) is 16.2. The molecule has 3 rings (SSSR count). The predicted molar refractivity (Wildman–Crippen MR) is 84.9 cm³/mol. The zero-order valence-electron chi connectivity index (χ0n) is 12.8. The molecule has 1 aliphatic carbocycles. The van der Waals surface area contributed by atoms with Gasteiger partial charge in [0.2, 0.25) is 5.91 Å². The third kappa shape index (κ3) is 4.20. The van der Waals surface area contributed by atoms with E-state index in [9.17, 15) is 14.0 Å². The Bertz CT molecular complexity index is 613. The number of piperazine rings is 1. The summed E-state index contributed by atoms with van der Waals surface area (Å²) < 4.78 is 13.7. The minimum atomic E-state index is -0.541. The number of benzene rings is 1. The van der Waals surface area contributed by atoms with Crippen molar-refractivity contribution in [2.24, 2.45) is 5.92 Å². The first-order chi connectivity index (χ1) is 11.0. The molecule has 2 amide bonds. The largest absolute Gasteiger partial charge is 0.331 e. The van der Waals surface area contributed by atoms with E-state index in [2.05, 4.69) is 5.32 Å². The van der Waals surface area contributed by atoms with Crippen LogP contribution in [0.1, 0.15) is 12.8 Å². The summed E-state index contributed by atoms with van der Waals surface area (Å²) in [6.45, 7) is 3.14. The van der Waals surface area contributed by atoms with E-state index in [1.807, 2.05) is 4.90 Å². The molecule has 0 aromatic heterocycles. The molecule has 0 spiro atoms. The van der Waals surface area contributed by atoms with Crippen molar-refractivity contribution in [1.29, 1.82) is 0 Å². The molecule has 124 valence electrons. The minimum Gasteiger partial charge on any atom is -0.331 e. The van der Waals surface area contributed by atoms with Crippen LogP contribution in [-0.2, 0) is 9.59 Å². The number of nitrogens with one attached hydrogen (secondary N) is 2. The van der Waals surface area contributed by atoms with E-state index < -0.39 is 5.82 Å². The normalized spacial score (nSPS) is 18.8. The number of anilines is 1. The van der Waals surface area contributed by atoms with Gasteiger partial charge in [-0.1, -0.05) is 11.6 Å². The fourth-order valence-electron chi connectivity index (χ4n) is 2.82. The second-order valence-corrected chi connectivity index (χ2v) is 6.64. The number of carbonyl (C=O) groups is 2. The zero-order chi connectivity index (χ0) is 16.4. The lowest BCUT2D eigenvalue weighted by Crippen LogP contribution is -3.15. The Hall–Kier alpha value is -1.66. The summed E-state index contributed by atoms with van der Waals surface area (Å²) in [5.41, 5.74) is 0.140. The van der Waals surface area contributed by atoms with Crippen LogP contribution in [0.3, 0.4) is 0 Å². The van der Waals surface area contributed by atoms with Gasteiger partial charge in [0.15, 0.2) is 6.54 Å². The van der Waals surface area contributed by atoms with E-state index in [1.54, 1.807) is 0 Å². The maximum atomic E-state index is 13.7. The number of hydrogen-bond acceptors (Lipinski definition) is 2. The zero-order valence-corrected chi connectivity index (χ0v) is 13.5. The SMILES string of the molecule is O=C(C[NH+]1CCN(C(=O)C2CC2)CC1)Nc1ccc(Cl)cc1F. The highest BCUT2D eigenvalue weighted by molar-refractivity contribution is 6.30. The average Bonchev–Trinajstić information content (AvgIpc) is 3.35. The van der Waals surface area contributed by atoms with Crippen molar-refractivity contribution in [3.8, 4) is 0 Å². The number of rotatable bonds is 4. The fourth-order valence-corrected chi connectivity index (χ4v) is 2.98. The van der Waals surface area contributed by atoms with Crippen molar-refractivity contribution in [2.75, 3.05) is 38.0 Å². The lowest BCUT2D eigenvalue weighted by Gasteiger charge is -2.32. The van der Waals surface area contributed by atoms with Crippen molar-refractivity contribution in [1.82, 2.24) is 4.90 Å². The highest BCUT2D eigenvalue weighted by Crippen LogP contribution is 2.30. The van der Waals surface area contributed by atoms with Crippen LogP contribution in [0.4, 0.5) is 10.1 Å². The lowest BCUT2D eigenvalue weighted by atomic mass is 10.2. The quantitative estimate of drug-likeness (QED) is 0.841. The third-order valence-corrected chi connectivity index (χ3v) is 4.56. The van der Waals surface area contributed by atoms with Gasteiger partial charge in [0.1, 0.15) is 5.82 Å². The summed E-state index contributed by atoms with van der Waals surface area (Å²) in [5, 5.41) is 2.87. The third-order valence-electron chi connectivity index (χ3n) is 4.32. The summed E-state index contributed by atoms with van der Waals surface area (Å²) in [5.74, 6) is -0.270. The van der Waals surface area contributed by atoms with Crippen LogP contribution in [0.15, 0.2) is 18.2 Å². The van der Waals surface area contributed by atoms with Crippen LogP contribution in [0.5, 0.6) is 0 Å². The Balaban J connectivity index is 1.46. The molecule has 2 N–H and O–H groups in total. The predicted octanol–water partition coefficient (Wildman–Crippen LogP) is 0.555. The number of quaternary nitrogens is 1. The summed E-state index contributed by atoms with van der Waals surface area (Å²) in [6, 6.07) is 4.17. The number of amides is 2. The molecule has 1 saturated carbocycles. The molecule has 7 heteroatoms. The highest BCUT2D eigenvalue weighted by Gasteiger charge is 2.35. The van der Waals surface area contributed by atoms with Gasteiger partial charge in [-0.25, -0.2) is 4.39 Å². The standard InChI is InChI=1S/C16H19ClFN3O2/c17-12-3-4-14(13(18)9-12)19-15(22)10-20-5-7-21(8-6-20)16(23)11-1-2-11/h3-4,9,11H,1-2,5-8,10H2,(H,19,22)/p+1. The molecule has 2 fully saturated rings. The van der Waals surface area contributed by atoms with E-state index in [4.69, 9.17) is 11.6 Å². The van der Waals surface area contributed by atoms with E-state index >= 15 is 0 Å². The highest BCUT2D eigenvalue weighted by atomic mass is 35.5. The molecule has 5 nitrogen and oxygen atoms in total.